The number of piperidine rings is 1. The van der Waals surface area contributed by atoms with Crippen molar-refractivity contribution in [3.05, 3.63) is 65.7 Å². The van der Waals surface area contributed by atoms with Crippen LogP contribution in [0.15, 0.2) is 54.6 Å². The predicted molar refractivity (Wildman–Crippen MR) is 113 cm³/mol. The van der Waals surface area contributed by atoms with Crippen LogP contribution in [0, 0.1) is 5.92 Å². The van der Waals surface area contributed by atoms with Gasteiger partial charge in [-0.2, -0.15) is 0 Å². The van der Waals surface area contributed by atoms with Crippen LogP contribution in [0.2, 0.25) is 0 Å². The SMILES string of the molecule is CC(C)c1ccc(NC(=O)[C@@H]2CCCN(S(=O)(=O)Cc3ccccc3)C2)cc1. The van der Waals surface area contributed by atoms with Crippen LogP contribution in [-0.2, 0) is 20.6 Å². The maximum atomic E-state index is 12.8. The van der Waals surface area contributed by atoms with Crippen LogP contribution in [0.3, 0.4) is 0 Å². The average Bonchev–Trinajstić information content (AvgIpc) is 2.69. The third-order valence-corrected chi connectivity index (χ3v) is 7.00. The van der Waals surface area contributed by atoms with Gasteiger partial charge in [-0.3, -0.25) is 4.79 Å². The van der Waals surface area contributed by atoms with Gasteiger partial charge in [-0.25, -0.2) is 12.7 Å². The fourth-order valence-corrected chi connectivity index (χ4v) is 5.09. The zero-order valence-corrected chi connectivity index (χ0v) is 17.3. The molecular formula is C22H28N2O3S. The van der Waals surface area contributed by atoms with Gasteiger partial charge in [-0.05, 0) is 42.0 Å². The van der Waals surface area contributed by atoms with Crippen LogP contribution < -0.4 is 5.32 Å². The number of amides is 1. The Hall–Kier alpha value is -2.18. The summed E-state index contributed by atoms with van der Waals surface area (Å²) in [6, 6.07) is 17.0. The molecule has 6 heteroatoms. The van der Waals surface area contributed by atoms with Crippen molar-refractivity contribution in [2.45, 2.75) is 38.4 Å². The highest BCUT2D eigenvalue weighted by molar-refractivity contribution is 7.88. The van der Waals surface area contributed by atoms with Crippen molar-refractivity contribution in [1.82, 2.24) is 4.31 Å². The fraction of sp³-hybridized carbons (Fsp3) is 0.409. The van der Waals surface area contributed by atoms with Crippen LogP contribution >= 0.6 is 0 Å². The maximum Gasteiger partial charge on any atom is 0.228 e. The second kappa shape index (κ2) is 8.88. The zero-order chi connectivity index (χ0) is 20.1. The van der Waals surface area contributed by atoms with Crippen molar-refractivity contribution >= 4 is 21.6 Å². The Morgan fingerprint density at radius 3 is 2.43 bits per heavy atom. The summed E-state index contributed by atoms with van der Waals surface area (Å²) in [6.45, 7) is 4.97. The summed E-state index contributed by atoms with van der Waals surface area (Å²) >= 11 is 0. The van der Waals surface area contributed by atoms with Crippen LogP contribution in [0.5, 0.6) is 0 Å². The lowest BCUT2D eigenvalue weighted by molar-refractivity contribution is -0.120. The molecule has 3 rings (SSSR count). The molecule has 1 saturated heterocycles. The highest BCUT2D eigenvalue weighted by Crippen LogP contribution is 2.23. The van der Waals surface area contributed by atoms with E-state index in [1.807, 2.05) is 54.6 Å². The summed E-state index contributed by atoms with van der Waals surface area (Å²) in [7, 11) is -3.44. The summed E-state index contributed by atoms with van der Waals surface area (Å²) in [5.41, 5.74) is 2.73. The Labute approximate surface area is 167 Å². The molecule has 1 aliphatic heterocycles. The number of nitrogens with zero attached hydrogens (tertiary/aromatic N) is 1. The van der Waals surface area contributed by atoms with E-state index in [9.17, 15) is 13.2 Å². The minimum atomic E-state index is -3.44. The van der Waals surface area contributed by atoms with Gasteiger partial charge in [0.2, 0.25) is 15.9 Å². The van der Waals surface area contributed by atoms with Crippen LogP contribution in [0.4, 0.5) is 5.69 Å². The molecule has 2 aromatic rings. The highest BCUT2D eigenvalue weighted by atomic mass is 32.2. The monoisotopic (exact) mass is 400 g/mol. The van der Waals surface area contributed by atoms with Gasteiger partial charge in [0, 0.05) is 18.8 Å². The van der Waals surface area contributed by atoms with E-state index in [-0.39, 0.29) is 24.1 Å². The largest absolute Gasteiger partial charge is 0.326 e. The molecule has 1 fully saturated rings. The highest BCUT2D eigenvalue weighted by Gasteiger charge is 2.32. The second-order valence-corrected chi connectivity index (χ2v) is 9.67. The molecule has 5 nitrogen and oxygen atoms in total. The van der Waals surface area contributed by atoms with Crippen molar-refractivity contribution in [2.75, 3.05) is 18.4 Å². The van der Waals surface area contributed by atoms with Gasteiger partial charge in [-0.15, -0.1) is 0 Å². The van der Waals surface area contributed by atoms with Crippen molar-refractivity contribution in [3.63, 3.8) is 0 Å². The van der Waals surface area contributed by atoms with E-state index in [0.29, 0.717) is 25.3 Å². The molecule has 1 amide bonds. The Balaban J connectivity index is 1.62. The van der Waals surface area contributed by atoms with E-state index < -0.39 is 10.0 Å². The summed E-state index contributed by atoms with van der Waals surface area (Å²) in [5, 5.41) is 2.94. The van der Waals surface area contributed by atoms with Crippen LogP contribution in [0.25, 0.3) is 0 Å². The first-order chi connectivity index (χ1) is 13.3. The number of benzene rings is 2. The van der Waals surface area contributed by atoms with Gasteiger partial charge in [0.15, 0.2) is 0 Å². The first kappa shape index (κ1) is 20.6. The van der Waals surface area contributed by atoms with Gasteiger partial charge in [0.25, 0.3) is 0 Å². The fourth-order valence-electron chi connectivity index (χ4n) is 3.48. The van der Waals surface area contributed by atoms with Crippen LogP contribution in [0.1, 0.15) is 43.7 Å². The minimum Gasteiger partial charge on any atom is -0.326 e. The van der Waals surface area contributed by atoms with E-state index in [4.69, 9.17) is 0 Å². The van der Waals surface area contributed by atoms with E-state index in [1.165, 1.54) is 9.87 Å². The van der Waals surface area contributed by atoms with Crippen molar-refractivity contribution < 1.29 is 13.2 Å². The zero-order valence-electron chi connectivity index (χ0n) is 16.5. The normalized spacial score (nSPS) is 18.2. The van der Waals surface area contributed by atoms with Gasteiger partial charge in [0.05, 0.1) is 11.7 Å². The number of rotatable bonds is 6. The molecular weight excluding hydrogens is 372 g/mol. The number of carbonyl (C=O) groups excluding carboxylic acids is 1. The van der Waals surface area contributed by atoms with Crippen molar-refractivity contribution in [3.8, 4) is 0 Å². The van der Waals surface area contributed by atoms with E-state index in [0.717, 1.165) is 11.3 Å². The second-order valence-electron chi connectivity index (χ2n) is 7.70. The summed E-state index contributed by atoms with van der Waals surface area (Å²) in [6.07, 6.45) is 1.39. The number of hydrogen-bond acceptors (Lipinski definition) is 3. The lowest BCUT2D eigenvalue weighted by Gasteiger charge is -2.31. The predicted octanol–water partition coefficient (Wildman–Crippen LogP) is 3.99. The molecule has 0 spiro atoms. The number of nitrogens with one attached hydrogen (secondary N) is 1. The molecule has 28 heavy (non-hydrogen) atoms. The quantitative estimate of drug-likeness (QED) is 0.797. The molecule has 1 heterocycles. The van der Waals surface area contributed by atoms with E-state index in [2.05, 4.69) is 19.2 Å². The maximum absolute atomic E-state index is 12.8. The number of anilines is 1. The topological polar surface area (TPSA) is 66.5 Å². The third-order valence-electron chi connectivity index (χ3n) is 5.19. The van der Waals surface area contributed by atoms with Gasteiger partial charge in [-0.1, -0.05) is 56.3 Å². The van der Waals surface area contributed by atoms with Gasteiger partial charge < -0.3 is 5.32 Å². The molecule has 0 aromatic heterocycles. The molecule has 0 unspecified atom stereocenters. The molecule has 1 N–H and O–H groups in total. The molecule has 0 aliphatic carbocycles. The molecule has 0 saturated carbocycles. The minimum absolute atomic E-state index is 0.0289. The molecule has 0 radical (unpaired) electrons. The third kappa shape index (κ3) is 5.20. The molecule has 2 aromatic carbocycles. The van der Waals surface area contributed by atoms with Gasteiger partial charge in [0.1, 0.15) is 0 Å². The van der Waals surface area contributed by atoms with Crippen molar-refractivity contribution in [1.29, 1.82) is 0 Å². The van der Waals surface area contributed by atoms with Gasteiger partial charge >= 0.3 is 0 Å². The number of hydrogen-bond donors (Lipinski definition) is 1. The first-order valence-electron chi connectivity index (χ1n) is 9.78. The lowest BCUT2D eigenvalue weighted by atomic mass is 9.98. The molecule has 1 atom stereocenters. The first-order valence-corrected chi connectivity index (χ1v) is 11.4. The summed E-state index contributed by atoms with van der Waals surface area (Å²) < 4.78 is 27.0. The van der Waals surface area contributed by atoms with E-state index >= 15 is 0 Å². The smallest absolute Gasteiger partial charge is 0.228 e. The van der Waals surface area contributed by atoms with Crippen molar-refractivity contribution in [2.24, 2.45) is 5.92 Å². The average molecular weight is 401 g/mol. The number of carbonyl (C=O) groups is 1. The van der Waals surface area contributed by atoms with E-state index in [1.54, 1.807) is 0 Å². The van der Waals surface area contributed by atoms with Crippen LogP contribution in [-0.4, -0.2) is 31.7 Å². The summed E-state index contributed by atoms with van der Waals surface area (Å²) in [4.78, 5) is 12.7. The Morgan fingerprint density at radius 1 is 1.11 bits per heavy atom. The molecule has 1 aliphatic rings. The lowest BCUT2D eigenvalue weighted by Crippen LogP contribution is -2.44. The standard InChI is InChI=1S/C22H28N2O3S/c1-17(2)19-10-12-21(13-11-19)23-22(25)20-9-6-14-24(15-20)28(26,27)16-18-7-4-3-5-8-18/h3-5,7-8,10-13,17,20H,6,9,14-16H2,1-2H3,(H,23,25)/t20-/m1/s1. The molecule has 0 bridgehead atoms. The Morgan fingerprint density at radius 2 is 1.79 bits per heavy atom. The number of sulfonamides is 1. The summed E-state index contributed by atoms with van der Waals surface area (Å²) in [5.74, 6) is -0.0359. The Kier molecular flexibility index (Phi) is 6.52. The Bertz CT molecular complexity index is 893. The molecule has 150 valence electrons.